The zero-order valence-corrected chi connectivity index (χ0v) is 55.1. The average molecular weight is 1290 g/mol. The van der Waals surface area contributed by atoms with E-state index in [-0.39, 0.29) is 69.0 Å². The van der Waals surface area contributed by atoms with Crippen LogP contribution < -0.4 is 19.7 Å². The van der Waals surface area contributed by atoms with Crippen molar-refractivity contribution < 1.29 is 52.7 Å². The van der Waals surface area contributed by atoms with Crippen LogP contribution in [0.4, 0.5) is 15.0 Å². The molecule has 1 unspecified atom stereocenters. The molecular formula is C69H83FN12O10S. The number of ether oxygens (including phenoxy) is 5. The molecular weight excluding hydrogens is 1210 g/mol. The molecule has 7 heterocycles. The fourth-order valence-electron chi connectivity index (χ4n) is 13.1. The Morgan fingerprint density at radius 1 is 0.935 bits per heavy atom. The summed E-state index contributed by atoms with van der Waals surface area (Å²) in [5.74, 6) is -0.451. The number of benzene rings is 4. The highest BCUT2D eigenvalue weighted by atomic mass is 32.1. The highest BCUT2D eigenvalue weighted by molar-refractivity contribution is 7.13. The standard InChI is InChI=1S/C69H83FN12O10S/c1-39(2)61(66(86)80-34-48(84)29-56(80)65(85)73-54(36-83)45-20-22-46(23-21-45)63-41(4)71-38-93-63)81-35-53(76-77-81)44-16-14-42(15-17-44)37-91-62-59(58-40(3)52(70)31-55-51(58)32-72-82(55)57-13-10-11-27-89-57)49(43-18-19-43)30-50-60(62)74-67(90-28-12-26-88-9)75-64(50)78(8)47-24-25-79(33-47)68(87)92-69(5,6)7/h14-17,20-23,30-32,35,38-39,43,47-48,54,56-57,61,83-84H,10-13,18-19,24-29,33-34,36-37H2,1-9H3,(H,73,85)/t47-,48+,54-,56-,57?,61-/m0/s1. The van der Waals surface area contributed by atoms with Gasteiger partial charge in [-0.1, -0.05) is 67.6 Å². The number of halogens is 1. The number of nitrogens with one attached hydrogen (secondary N) is 1. The molecule has 3 N–H and O–H groups in total. The van der Waals surface area contributed by atoms with Gasteiger partial charge in [0.25, 0.3) is 0 Å². The van der Waals surface area contributed by atoms with E-state index in [2.05, 4.69) is 31.6 Å². The van der Waals surface area contributed by atoms with Crippen molar-refractivity contribution in [1.82, 2.24) is 54.8 Å². The highest BCUT2D eigenvalue weighted by Crippen LogP contribution is 2.54. The topological polar surface area (TPSA) is 247 Å². The molecule has 6 atom stereocenters. The van der Waals surface area contributed by atoms with Crippen LogP contribution in [0.5, 0.6) is 11.8 Å². The number of carbonyl (C=O) groups is 3. The number of likely N-dealkylation sites (tertiary alicyclic amines) is 2. The molecule has 0 spiro atoms. The molecule has 0 radical (unpaired) electrons. The van der Waals surface area contributed by atoms with Gasteiger partial charge in [0.05, 0.1) is 59.4 Å². The number of aromatic nitrogens is 8. The number of fused-ring (bicyclic) bond motifs is 2. The van der Waals surface area contributed by atoms with Crippen LogP contribution in [-0.4, -0.2) is 162 Å². The first-order valence-electron chi connectivity index (χ1n) is 32.3. The number of hydrogen-bond acceptors (Lipinski definition) is 18. The van der Waals surface area contributed by atoms with Crippen LogP contribution in [0.25, 0.3) is 54.6 Å². The van der Waals surface area contributed by atoms with E-state index in [9.17, 15) is 24.6 Å². The number of nitrogens with zero attached hydrogens (tertiary/aromatic N) is 11. The number of aliphatic hydroxyl groups is 2. The normalized spacial score (nSPS) is 19.2. The van der Waals surface area contributed by atoms with Crippen molar-refractivity contribution in [2.45, 2.75) is 154 Å². The summed E-state index contributed by atoms with van der Waals surface area (Å²) in [6.07, 6.45) is 7.57. The lowest BCUT2D eigenvalue weighted by molar-refractivity contribution is -0.142. The predicted octanol–water partition coefficient (Wildman–Crippen LogP) is 10.8. The molecule has 24 heteroatoms. The van der Waals surface area contributed by atoms with Crippen LogP contribution >= 0.6 is 11.3 Å². The van der Waals surface area contributed by atoms with Crippen molar-refractivity contribution in [3.05, 3.63) is 112 Å². The maximum absolute atomic E-state index is 16.9. The third-order valence-electron chi connectivity index (χ3n) is 18.1. The molecule has 0 bridgehead atoms. The van der Waals surface area contributed by atoms with Gasteiger partial charge in [0, 0.05) is 99.4 Å². The summed E-state index contributed by atoms with van der Waals surface area (Å²) in [7, 11) is 3.62. The van der Waals surface area contributed by atoms with Gasteiger partial charge in [0.2, 0.25) is 11.8 Å². The van der Waals surface area contributed by atoms with Gasteiger partial charge >= 0.3 is 12.1 Å². The summed E-state index contributed by atoms with van der Waals surface area (Å²) in [4.78, 5) is 63.2. The van der Waals surface area contributed by atoms with Gasteiger partial charge in [-0.3, -0.25) is 9.59 Å². The van der Waals surface area contributed by atoms with E-state index < -0.39 is 47.5 Å². The number of carbonyl (C=O) groups excluding carboxylic acids is 3. The van der Waals surface area contributed by atoms with E-state index in [0.29, 0.717) is 101 Å². The first-order chi connectivity index (χ1) is 44.8. The molecule has 12 rings (SSSR count). The van der Waals surface area contributed by atoms with E-state index in [1.54, 1.807) is 41.4 Å². The second kappa shape index (κ2) is 27.4. The van der Waals surface area contributed by atoms with Crippen LogP contribution in [0, 0.1) is 25.6 Å². The van der Waals surface area contributed by atoms with Crippen molar-refractivity contribution in [2.75, 3.05) is 65.1 Å². The quantitative estimate of drug-likeness (QED) is 0.0534. The van der Waals surface area contributed by atoms with Crippen molar-refractivity contribution >= 4 is 56.9 Å². The summed E-state index contributed by atoms with van der Waals surface area (Å²) in [6.45, 7) is 14.9. The third-order valence-corrected chi connectivity index (χ3v) is 19.1. The van der Waals surface area contributed by atoms with E-state index >= 15 is 4.39 Å². The second-order valence-corrected chi connectivity index (χ2v) is 27.2. The summed E-state index contributed by atoms with van der Waals surface area (Å²) in [6, 6.07) is 16.3. The Morgan fingerprint density at radius 2 is 1.71 bits per heavy atom. The zero-order valence-electron chi connectivity index (χ0n) is 54.3. The minimum atomic E-state index is -1.00. The third kappa shape index (κ3) is 13.8. The molecule has 22 nitrogen and oxygen atoms in total. The molecule has 1 aliphatic carbocycles. The molecule has 4 aromatic carbocycles. The highest BCUT2D eigenvalue weighted by Gasteiger charge is 2.44. The van der Waals surface area contributed by atoms with Crippen LogP contribution in [0.3, 0.4) is 0 Å². The molecule has 8 aromatic rings. The van der Waals surface area contributed by atoms with Crippen molar-refractivity contribution in [3.8, 4) is 44.6 Å². The molecule has 3 saturated heterocycles. The summed E-state index contributed by atoms with van der Waals surface area (Å²) in [5, 5.41) is 39.8. The Balaban J connectivity index is 0.858. The Morgan fingerprint density at radius 3 is 2.40 bits per heavy atom. The zero-order chi connectivity index (χ0) is 65.4. The van der Waals surface area contributed by atoms with Crippen LogP contribution in [0.2, 0.25) is 0 Å². The smallest absolute Gasteiger partial charge is 0.410 e. The predicted molar refractivity (Wildman–Crippen MR) is 350 cm³/mol. The number of likely N-dealkylation sites (N-methyl/N-ethyl adjacent to an activating group) is 1. The van der Waals surface area contributed by atoms with Gasteiger partial charge < -0.3 is 53.9 Å². The number of amides is 3. The Bertz CT molecular complexity index is 4010. The molecule has 93 heavy (non-hydrogen) atoms. The van der Waals surface area contributed by atoms with Crippen molar-refractivity contribution in [3.63, 3.8) is 0 Å². The second-order valence-electron chi connectivity index (χ2n) is 26.3. The van der Waals surface area contributed by atoms with E-state index in [1.807, 2.05) is 103 Å². The van der Waals surface area contributed by atoms with Crippen LogP contribution in [0.15, 0.2) is 78.6 Å². The minimum Gasteiger partial charge on any atom is -0.486 e. The summed E-state index contributed by atoms with van der Waals surface area (Å²) >= 11 is 1.54. The van der Waals surface area contributed by atoms with E-state index in [1.165, 1.54) is 20.9 Å². The van der Waals surface area contributed by atoms with E-state index in [0.717, 1.165) is 64.8 Å². The lowest BCUT2D eigenvalue weighted by Gasteiger charge is -2.30. The monoisotopic (exact) mass is 1290 g/mol. The van der Waals surface area contributed by atoms with Gasteiger partial charge in [-0.05, 0) is 119 Å². The Labute approximate surface area is 544 Å². The lowest BCUT2D eigenvalue weighted by atomic mass is 9.88. The SMILES string of the molecule is COCCCOc1nc(N(C)[C@H]2CCN(C(=O)OC(C)(C)C)C2)c2cc(C3CC3)c(-c3c(C)c(F)cc4c3cnn4C3CCCCO3)c(OCc3ccc(-c4cn([C@H](C(=O)N5C[C@H](O)C[C@H]5C(=O)N[C@@H](CO)c5ccc(-c6scnc6C)cc5)C(C)C)nn4)cc3)c2n1. The minimum absolute atomic E-state index is 0.0253. The maximum Gasteiger partial charge on any atom is 0.410 e. The fraction of sp³-hybridized carbons (Fsp3) is 0.493. The molecule has 3 aliphatic heterocycles. The maximum atomic E-state index is 16.9. The van der Waals surface area contributed by atoms with Crippen LogP contribution in [0.1, 0.15) is 138 Å². The summed E-state index contributed by atoms with van der Waals surface area (Å²) in [5.41, 5.74) is 9.55. The molecule has 492 valence electrons. The molecule has 4 aromatic heterocycles. The largest absolute Gasteiger partial charge is 0.486 e. The van der Waals surface area contributed by atoms with Crippen molar-refractivity contribution in [2.24, 2.45) is 5.92 Å². The number of anilines is 1. The average Bonchev–Trinajstić information content (AvgIpc) is 1.59. The Hall–Kier alpha value is -8.16. The molecule has 4 aliphatic rings. The summed E-state index contributed by atoms with van der Waals surface area (Å²) < 4.78 is 51.3. The first kappa shape index (κ1) is 64.9. The fourth-order valence-corrected chi connectivity index (χ4v) is 13.9. The number of hydrogen-bond donors (Lipinski definition) is 3. The van der Waals surface area contributed by atoms with Gasteiger partial charge in [-0.25, -0.2) is 23.5 Å². The van der Waals surface area contributed by atoms with Gasteiger partial charge in [-0.2, -0.15) is 15.1 Å². The van der Waals surface area contributed by atoms with Gasteiger partial charge in [0.1, 0.15) is 47.1 Å². The first-order valence-corrected chi connectivity index (χ1v) is 33.2. The number of rotatable bonds is 22. The number of β-amino-alcohol motifs (C(OH)–C–C–N with tert-alkyl or cyclic N) is 1. The van der Waals surface area contributed by atoms with Gasteiger partial charge in [-0.15, -0.1) is 16.4 Å². The number of thiazole rings is 1. The Kier molecular flexibility index (Phi) is 19.1. The lowest BCUT2D eigenvalue weighted by Crippen LogP contribution is -2.50. The molecule has 1 saturated carbocycles. The molecule has 4 fully saturated rings. The molecule has 3 amide bonds. The van der Waals surface area contributed by atoms with Crippen molar-refractivity contribution in [1.29, 1.82) is 0 Å². The number of aliphatic hydroxyl groups excluding tert-OH is 2. The van der Waals surface area contributed by atoms with Crippen LogP contribution in [-0.2, 0) is 30.4 Å². The number of aryl methyl sites for hydroxylation is 1. The van der Waals surface area contributed by atoms with Gasteiger partial charge in [0.15, 0.2) is 12.0 Å². The number of methoxy groups -OCH3 is 1. The van der Waals surface area contributed by atoms with E-state index in [4.69, 9.17) is 38.8 Å².